The number of anilines is 2. The number of piperidine rings is 1. The molecule has 1 saturated heterocycles. The van der Waals surface area contributed by atoms with E-state index in [0.717, 1.165) is 12.5 Å². The summed E-state index contributed by atoms with van der Waals surface area (Å²) in [7, 11) is 0. The summed E-state index contributed by atoms with van der Waals surface area (Å²) in [6.07, 6.45) is 7.99. The molecule has 0 aliphatic carbocycles. The zero-order valence-corrected chi connectivity index (χ0v) is 9.89. The van der Waals surface area contributed by atoms with Crippen molar-refractivity contribution in [2.75, 3.05) is 17.2 Å². The molecule has 4 nitrogen and oxygen atoms in total. The molecule has 0 radical (unpaired) electrons. The second-order valence-electron chi connectivity index (χ2n) is 4.41. The summed E-state index contributed by atoms with van der Waals surface area (Å²) in [6.45, 7) is 3.29. The van der Waals surface area contributed by atoms with Crippen LogP contribution in [0.3, 0.4) is 0 Å². The molecule has 16 heavy (non-hydrogen) atoms. The van der Waals surface area contributed by atoms with Gasteiger partial charge in [0.25, 0.3) is 0 Å². The van der Waals surface area contributed by atoms with Gasteiger partial charge in [-0.15, -0.1) is 0 Å². The Morgan fingerprint density at radius 2 is 2.38 bits per heavy atom. The maximum Gasteiger partial charge on any atom is 0.227 e. The Morgan fingerprint density at radius 3 is 3.12 bits per heavy atom. The van der Waals surface area contributed by atoms with E-state index in [1.54, 1.807) is 12.3 Å². The van der Waals surface area contributed by atoms with Gasteiger partial charge in [-0.25, -0.2) is 4.98 Å². The van der Waals surface area contributed by atoms with E-state index in [1.165, 1.54) is 32.1 Å². The average molecular weight is 220 g/mol. The second kappa shape index (κ2) is 5.14. The molecule has 2 heterocycles. The molecule has 4 heteroatoms. The molecule has 0 aromatic carbocycles. The predicted octanol–water partition coefficient (Wildman–Crippen LogP) is 2.22. The van der Waals surface area contributed by atoms with Gasteiger partial charge >= 0.3 is 0 Å². The molecule has 1 unspecified atom stereocenters. The predicted molar refractivity (Wildman–Crippen MR) is 66.3 cm³/mol. The van der Waals surface area contributed by atoms with Crippen LogP contribution < -0.4 is 10.6 Å². The Balaban J connectivity index is 2.16. The fourth-order valence-electron chi connectivity index (χ4n) is 2.40. The number of hydrogen-bond donors (Lipinski definition) is 1. The highest BCUT2D eigenvalue weighted by Crippen LogP contribution is 2.24. The van der Waals surface area contributed by atoms with Crippen molar-refractivity contribution in [2.45, 2.75) is 45.1 Å². The van der Waals surface area contributed by atoms with Crippen molar-refractivity contribution in [3.63, 3.8) is 0 Å². The molecule has 2 N–H and O–H groups in total. The van der Waals surface area contributed by atoms with Crippen LogP contribution in [0.15, 0.2) is 12.3 Å². The summed E-state index contributed by atoms with van der Waals surface area (Å²) in [5, 5.41) is 0. The molecule has 1 aromatic heterocycles. The maximum atomic E-state index is 5.71. The summed E-state index contributed by atoms with van der Waals surface area (Å²) in [5.41, 5.74) is 5.71. The van der Waals surface area contributed by atoms with Crippen LogP contribution in [0.5, 0.6) is 0 Å². The van der Waals surface area contributed by atoms with Crippen LogP contribution in [-0.2, 0) is 0 Å². The van der Waals surface area contributed by atoms with Crippen molar-refractivity contribution in [1.82, 2.24) is 9.97 Å². The van der Waals surface area contributed by atoms with Gasteiger partial charge in [-0.3, -0.25) is 0 Å². The van der Waals surface area contributed by atoms with E-state index < -0.39 is 0 Å². The third-order valence-corrected chi connectivity index (χ3v) is 3.17. The normalized spacial score (nSPS) is 21.1. The van der Waals surface area contributed by atoms with E-state index in [0.29, 0.717) is 11.9 Å². The summed E-state index contributed by atoms with van der Waals surface area (Å²) in [6, 6.07) is 2.34. The Morgan fingerprint density at radius 1 is 1.50 bits per heavy atom. The van der Waals surface area contributed by atoms with Gasteiger partial charge in [0.15, 0.2) is 0 Å². The first-order chi connectivity index (χ1) is 7.81. The van der Waals surface area contributed by atoms with Gasteiger partial charge in [-0.1, -0.05) is 13.3 Å². The lowest BCUT2D eigenvalue weighted by Gasteiger charge is -2.35. The van der Waals surface area contributed by atoms with Crippen LogP contribution in [0, 0.1) is 0 Å². The van der Waals surface area contributed by atoms with E-state index >= 15 is 0 Å². The van der Waals surface area contributed by atoms with E-state index in [2.05, 4.69) is 21.8 Å². The van der Waals surface area contributed by atoms with Crippen molar-refractivity contribution in [3.8, 4) is 0 Å². The van der Waals surface area contributed by atoms with Gasteiger partial charge in [-0.2, -0.15) is 4.98 Å². The Labute approximate surface area is 96.9 Å². The van der Waals surface area contributed by atoms with Crippen LogP contribution in [0.2, 0.25) is 0 Å². The fourth-order valence-corrected chi connectivity index (χ4v) is 2.40. The topological polar surface area (TPSA) is 55.0 Å². The largest absolute Gasteiger partial charge is 0.384 e. The SMILES string of the molecule is CCCC1CCCCN1c1nccc(N)n1. The van der Waals surface area contributed by atoms with Crippen molar-refractivity contribution in [3.05, 3.63) is 12.3 Å². The lowest BCUT2D eigenvalue weighted by Crippen LogP contribution is -2.40. The summed E-state index contributed by atoms with van der Waals surface area (Å²) >= 11 is 0. The van der Waals surface area contributed by atoms with Gasteiger partial charge in [0.05, 0.1) is 0 Å². The van der Waals surface area contributed by atoms with Crippen LogP contribution in [0.4, 0.5) is 11.8 Å². The molecule has 1 aliphatic rings. The Hall–Kier alpha value is -1.32. The fraction of sp³-hybridized carbons (Fsp3) is 0.667. The first kappa shape index (κ1) is 11.2. The van der Waals surface area contributed by atoms with Crippen molar-refractivity contribution in [1.29, 1.82) is 0 Å². The van der Waals surface area contributed by atoms with E-state index in [9.17, 15) is 0 Å². The number of nitrogens with two attached hydrogens (primary N) is 1. The number of nitrogens with zero attached hydrogens (tertiary/aromatic N) is 3. The minimum Gasteiger partial charge on any atom is -0.384 e. The molecule has 0 bridgehead atoms. The Kier molecular flexibility index (Phi) is 3.59. The summed E-state index contributed by atoms with van der Waals surface area (Å²) in [5.74, 6) is 1.36. The standard InChI is InChI=1S/C12H20N4/c1-2-5-10-6-3-4-9-16(10)12-14-8-7-11(13)15-12/h7-8,10H,2-6,9H2,1H3,(H2,13,14,15). The smallest absolute Gasteiger partial charge is 0.227 e. The van der Waals surface area contributed by atoms with Crippen LogP contribution in [-0.4, -0.2) is 22.6 Å². The molecule has 1 aromatic rings. The van der Waals surface area contributed by atoms with Gasteiger partial charge in [0, 0.05) is 18.8 Å². The molecule has 1 aliphatic heterocycles. The molecular formula is C12H20N4. The molecule has 1 fully saturated rings. The number of hydrogen-bond acceptors (Lipinski definition) is 4. The van der Waals surface area contributed by atoms with Gasteiger partial charge < -0.3 is 10.6 Å². The molecule has 1 atom stereocenters. The quantitative estimate of drug-likeness (QED) is 0.848. The summed E-state index contributed by atoms with van der Waals surface area (Å²) in [4.78, 5) is 11.0. The van der Waals surface area contributed by atoms with Gasteiger partial charge in [-0.05, 0) is 31.7 Å². The molecule has 88 valence electrons. The second-order valence-corrected chi connectivity index (χ2v) is 4.41. The molecule has 2 rings (SSSR count). The molecule has 0 spiro atoms. The van der Waals surface area contributed by atoms with Crippen molar-refractivity contribution < 1.29 is 0 Å². The Bertz CT molecular complexity index is 338. The van der Waals surface area contributed by atoms with Gasteiger partial charge in [0.1, 0.15) is 5.82 Å². The third-order valence-electron chi connectivity index (χ3n) is 3.17. The minimum absolute atomic E-state index is 0.561. The number of nitrogen functional groups attached to an aromatic ring is 1. The van der Waals surface area contributed by atoms with Crippen molar-refractivity contribution >= 4 is 11.8 Å². The monoisotopic (exact) mass is 220 g/mol. The van der Waals surface area contributed by atoms with E-state index in [1.807, 2.05) is 0 Å². The van der Waals surface area contributed by atoms with E-state index in [-0.39, 0.29) is 0 Å². The highest BCUT2D eigenvalue weighted by Gasteiger charge is 2.23. The first-order valence-electron chi connectivity index (χ1n) is 6.16. The summed E-state index contributed by atoms with van der Waals surface area (Å²) < 4.78 is 0. The lowest BCUT2D eigenvalue weighted by molar-refractivity contribution is 0.428. The highest BCUT2D eigenvalue weighted by atomic mass is 15.3. The molecule has 0 amide bonds. The van der Waals surface area contributed by atoms with Crippen LogP contribution in [0.1, 0.15) is 39.0 Å². The number of rotatable bonds is 3. The lowest BCUT2D eigenvalue weighted by atomic mass is 9.99. The zero-order valence-electron chi connectivity index (χ0n) is 9.89. The zero-order chi connectivity index (χ0) is 11.4. The molecule has 0 saturated carbocycles. The molecular weight excluding hydrogens is 200 g/mol. The maximum absolute atomic E-state index is 5.71. The third kappa shape index (κ3) is 2.43. The van der Waals surface area contributed by atoms with E-state index in [4.69, 9.17) is 5.73 Å². The first-order valence-corrected chi connectivity index (χ1v) is 6.16. The minimum atomic E-state index is 0.561. The van der Waals surface area contributed by atoms with Crippen LogP contribution >= 0.6 is 0 Å². The van der Waals surface area contributed by atoms with Crippen molar-refractivity contribution in [2.24, 2.45) is 0 Å². The average Bonchev–Trinajstić information content (AvgIpc) is 2.30. The highest BCUT2D eigenvalue weighted by molar-refractivity contribution is 5.39. The van der Waals surface area contributed by atoms with Gasteiger partial charge in [0.2, 0.25) is 5.95 Å². The van der Waals surface area contributed by atoms with Crippen LogP contribution in [0.25, 0.3) is 0 Å². The number of aromatic nitrogens is 2.